The Hall–Kier alpha value is -0.140. The molecule has 0 spiro atoms. The van der Waals surface area contributed by atoms with Crippen molar-refractivity contribution in [3.05, 3.63) is 0 Å². The molecule has 2 heteroatoms. The molecule has 4 saturated carbocycles. The maximum Gasteiger partial charge on any atom is 0.120 e. The van der Waals surface area contributed by atoms with Crippen molar-refractivity contribution in [2.24, 2.45) is 34.5 Å². The van der Waals surface area contributed by atoms with Crippen LogP contribution >= 0.6 is 0 Å². The summed E-state index contributed by atoms with van der Waals surface area (Å²) in [6, 6.07) is 0. The number of hydrogen-bond donors (Lipinski definition) is 0. The summed E-state index contributed by atoms with van der Waals surface area (Å²) < 4.78 is 31.7. The number of hydrogen-bond acceptors (Lipinski definition) is 0. The second-order valence-electron chi connectivity index (χ2n) is 9.79. The summed E-state index contributed by atoms with van der Waals surface area (Å²) in [5.74, 6) is 1.11. The topological polar surface area (TPSA) is 0 Å². The van der Waals surface area contributed by atoms with Crippen LogP contribution in [0.4, 0.5) is 8.78 Å². The van der Waals surface area contributed by atoms with Crippen molar-refractivity contribution in [3.63, 3.8) is 0 Å². The maximum atomic E-state index is 16.6. The van der Waals surface area contributed by atoms with E-state index in [-0.39, 0.29) is 17.3 Å². The molecule has 132 valence electrons. The molecule has 0 aromatic heterocycles. The second-order valence-corrected chi connectivity index (χ2v) is 9.79. The molecular formula is C21H34F2. The zero-order valence-electron chi connectivity index (χ0n) is 15.2. The van der Waals surface area contributed by atoms with Crippen LogP contribution in [0.2, 0.25) is 0 Å². The van der Waals surface area contributed by atoms with Crippen molar-refractivity contribution in [1.82, 2.24) is 0 Å². The highest BCUT2D eigenvalue weighted by atomic mass is 19.1. The summed E-state index contributed by atoms with van der Waals surface area (Å²) in [6.07, 6.45) is 9.06. The molecule has 0 nitrogen and oxygen atoms in total. The largest absolute Gasteiger partial charge is 0.247 e. The van der Waals surface area contributed by atoms with Crippen LogP contribution in [0.3, 0.4) is 0 Å². The summed E-state index contributed by atoms with van der Waals surface area (Å²) in [4.78, 5) is 0. The summed E-state index contributed by atoms with van der Waals surface area (Å²) in [5, 5.41) is 0. The third kappa shape index (κ3) is 1.93. The standard InChI is InChI=1S/C21H34F2/c1-4-14-8-9-15-17-13-18(22)16-7-5-6-10-20(16,3)21(17,23)12-11-19(14,15)2/h14-18H,4-13H2,1-3H3/t14-,15-,16?,17-,18?,19+,20-,21+/m0/s1. The molecule has 0 bridgehead atoms. The molecule has 4 aliphatic carbocycles. The molecule has 4 fully saturated rings. The van der Waals surface area contributed by atoms with Gasteiger partial charge in [-0.05, 0) is 74.0 Å². The maximum absolute atomic E-state index is 16.6. The Morgan fingerprint density at radius 3 is 2.43 bits per heavy atom. The lowest BCUT2D eigenvalue weighted by molar-refractivity contribution is -0.212. The lowest BCUT2D eigenvalue weighted by Gasteiger charge is -2.64. The Labute approximate surface area is 140 Å². The van der Waals surface area contributed by atoms with Crippen molar-refractivity contribution in [3.8, 4) is 0 Å². The van der Waals surface area contributed by atoms with E-state index in [0.29, 0.717) is 18.8 Å². The van der Waals surface area contributed by atoms with Gasteiger partial charge >= 0.3 is 0 Å². The van der Waals surface area contributed by atoms with E-state index >= 15 is 8.78 Å². The number of fused-ring (bicyclic) bond motifs is 5. The third-order valence-electron chi connectivity index (χ3n) is 9.34. The van der Waals surface area contributed by atoms with Gasteiger partial charge < -0.3 is 0 Å². The lowest BCUT2D eigenvalue weighted by Crippen LogP contribution is -2.65. The first-order chi connectivity index (χ1) is 10.9. The summed E-state index contributed by atoms with van der Waals surface area (Å²) in [6.45, 7) is 6.80. The smallest absolute Gasteiger partial charge is 0.120 e. The highest BCUT2D eigenvalue weighted by Crippen LogP contribution is 2.70. The molecule has 2 unspecified atom stereocenters. The van der Waals surface area contributed by atoms with Crippen molar-refractivity contribution >= 4 is 0 Å². The van der Waals surface area contributed by atoms with Crippen molar-refractivity contribution in [2.75, 3.05) is 0 Å². The minimum atomic E-state index is -1.10. The van der Waals surface area contributed by atoms with Gasteiger partial charge in [0, 0.05) is 5.41 Å². The monoisotopic (exact) mass is 324 g/mol. The van der Waals surface area contributed by atoms with Crippen LogP contribution in [0.5, 0.6) is 0 Å². The molecule has 0 amide bonds. The van der Waals surface area contributed by atoms with Crippen molar-refractivity contribution in [2.45, 2.75) is 96.8 Å². The van der Waals surface area contributed by atoms with Gasteiger partial charge in [-0.1, -0.05) is 40.0 Å². The van der Waals surface area contributed by atoms with Crippen LogP contribution in [-0.2, 0) is 0 Å². The average Bonchev–Trinajstić information content (AvgIpc) is 2.86. The fourth-order valence-corrected chi connectivity index (χ4v) is 7.94. The van der Waals surface area contributed by atoms with Gasteiger partial charge in [-0.2, -0.15) is 0 Å². The lowest BCUT2D eigenvalue weighted by atomic mass is 9.43. The predicted molar refractivity (Wildman–Crippen MR) is 90.8 cm³/mol. The van der Waals surface area contributed by atoms with E-state index < -0.39 is 17.3 Å². The first-order valence-corrected chi connectivity index (χ1v) is 10.2. The van der Waals surface area contributed by atoms with Crippen LogP contribution < -0.4 is 0 Å². The first kappa shape index (κ1) is 16.3. The van der Waals surface area contributed by atoms with E-state index in [1.807, 2.05) is 0 Å². The second kappa shape index (κ2) is 5.18. The molecule has 4 rings (SSSR count). The van der Waals surface area contributed by atoms with Crippen LogP contribution in [0.15, 0.2) is 0 Å². The molecule has 0 aromatic carbocycles. The summed E-state index contributed by atoms with van der Waals surface area (Å²) in [7, 11) is 0. The average molecular weight is 324 g/mol. The fourth-order valence-electron chi connectivity index (χ4n) is 7.94. The van der Waals surface area contributed by atoms with E-state index in [2.05, 4.69) is 20.8 Å². The molecule has 0 radical (unpaired) electrons. The molecule has 4 aliphatic rings. The number of alkyl halides is 2. The van der Waals surface area contributed by atoms with E-state index in [0.717, 1.165) is 44.4 Å². The number of halogens is 2. The summed E-state index contributed by atoms with van der Waals surface area (Å²) in [5.41, 5.74) is -1.24. The molecule has 0 heterocycles. The van der Waals surface area contributed by atoms with Gasteiger partial charge in [0.15, 0.2) is 0 Å². The first-order valence-electron chi connectivity index (χ1n) is 10.2. The summed E-state index contributed by atoms with van der Waals surface area (Å²) >= 11 is 0. The van der Waals surface area contributed by atoms with Gasteiger partial charge in [0.1, 0.15) is 11.8 Å². The Morgan fingerprint density at radius 2 is 1.70 bits per heavy atom. The third-order valence-corrected chi connectivity index (χ3v) is 9.34. The Balaban J connectivity index is 1.73. The van der Waals surface area contributed by atoms with Gasteiger partial charge in [-0.3, -0.25) is 0 Å². The highest BCUT2D eigenvalue weighted by molar-refractivity contribution is 5.17. The SMILES string of the molecule is CC[C@H]1CC[C@H]2[C@@H]3CC(F)C4CCCC[C@]4(C)[C@@]3(F)CC[C@]12C. The normalized spacial score (nSPS) is 59.1. The Morgan fingerprint density at radius 1 is 0.913 bits per heavy atom. The highest BCUT2D eigenvalue weighted by Gasteiger charge is 2.69. The molecule has 0 N–H and O–H groups in total. The minimum Gasteiger partial charge on any atom is -0.247 e. The van der Waals surface area contributed by atoms with Crippen LogP contribution in [-0.4, -0.2) is 11.8 Å². The van der Waals surface area contributed by atoms with Gasteiger partial charge in [-0.15, -0.1) is 0 Å². The molecule has 0 aromatic rings. The van der Waals surface area contributed by atoms with Gasteiger partial charge in [-0.25, -0.2) is 8.78 Å². The van der Waals surface area contributed by atoms with Gasteiger partial charge in [0.05, 0.1) is 0 Å². The van der Waals surface area contributed by atoms with E-state index in [9.17, 15) is 0 Å². The van der Waals surface area contributed by atoms with E-state index in [4.69, 9.17) is 0 Å². The Kier molecular flexibility index (Phi) is 3.68. The molecule has 8 atom stereocenters. The minimum absolute atomic E-state index is 0.0212. The number of rotatable bonds is 1. The van der Waals surface area contributed by atoms with Crippen molar-refractivity contribution < 1.29 is 8.78 Å². The zero-order valence-corrected chi connectivity index (χ0v) is 15.2. The van der Waals surface area contributed by atoms with Gasteiger partial charge in [0.25, 0.3) is 0 Å². The molecule has 0 saturated heterocycles. The molecule has 23 heavy (non-hydrogen) atoms. The van der Waals surface area contributed by atoms with Crippen LogP contribution in [0.25, 0.3) is 0 Å². The predicted octanol–water partition coefficient (Wildman–Crippen LogP) is 6.49. The Bertz CT molecular complexity index is 476. The molecular weight excluding hydrogens is 290 g/mol. The van der Waals surface area contributed by atoms with Crippen molar-refractivity contribution in [1.29, 1.82) is 0 Å². The van der Waals surface area contributed by atoms with Crippen LogP contribution in [0.1, 0.15) is 85.0 Å². The van der Waals surface area contributed by atoms with Crippen LogP contribution in [0, 0.1) is 34.5 Å². The fraction of sp³-hybridized carbons (Fsp3) is 1.00. The van der Waals surface area contributed by atoms with E-state index in [1.54, 1.807) is 0 Å². The zero-order chi connectivity index (χ0) is 16.5. The van der Waals surface area contributed by atoms with Gasteiger partial charge in [0.2, 0.25) is 0 Å². The quantitative estimate of drug-likeness (QED) is 0.517. The molecule has 0 aliphatic heterocycles. The van der Waals surface area contributed by atoms with E-state index in [1.165, 1.54) is 12.8 Å².